The summed E-state index contributed by atoms with van der Waals surface area (Å²) in [6, 6.07) is 7.49. The van der Waals surface area contributed by atoms with Crippen molar-refractivity contribution < 1.29 is 14.3 Å². The van der Waals surface area contributed by atoms with Gasteiger partial charge in [0.1, 0.15) is 23.9 Å². The van der Waals surface area contributed by atoms with Gasteiger partial charge in [0.15, 0.2) is 11.2 Å². The molecule has 0 unspecified atom stereocenters. The number of carbonyl (C=O) groups excluding carboxylic acids is 1. The Hall–Kier alpha value is -3.73. The minimum Gasteiger partial charge on any atom is -0.496 e. The number of para-hydroxylation sites is 1. The Balaban J connectivity index is 1.50. The lowest BCUT2D eigenvalue weighted by atomic mass is 10.2. The number of esters is 1. The van der Waals surface area contributed by atoms with Gasteiger partial charge in [-0.1, -0.05) is 12.1 Å². The van der Waals surface area contributed by atoms with Crippen LogP contribution in [0.3, 0.4) is 0 Å². The molecular formula is C20H19N5O5S. The summed E-state index contributed by atoms with van der Waals surface area (Å²) in [5.41, 5.74) is 0.653. The van der Waals surface area contributed by atoms with Gasteiger partial charge in [0, 0.05) is 19.5 Å². The normalized spacial score (nSPS) is 11.1. The molecule has 10 nitrogen and oxygen atoms in total. The fraction of sp³-hybridized carbons (Fsp3) is 0.250. The second kappa shape index (κ2) is 8.19. The van der Waals surface area contributed by atoms with Crippen LogP contribution in [0, 0.1) is 0 Å². The Morgan fingerprint density at radius 2 is 1.97 bits per heavy atom. The van der Waals surface area contributed by atoms with Crippen molar-refractivity contribution in [1.82, 2.24) is 23.7 Å². The molecule has 4 rings (SSSR count). The van der Waals surface area contributed by atoms with E-state index in [0.29, 0.717) is 11.4 Å². The van der Waals surface area contributed by atoms with Gasteiger partial charge in [0.05, 0.1) is 24.7 Å². The molecule has 4 aromatic rings. The molecule has 160 valence electrons. The third-order valence-electron chi connectivity index (χ3n) is 4.76. The topological polar surface area (TPSA) is 110 Å². The maximum Gasteiger partial charge on any atom is 0.333 e. The number of aryl methyl sites for hydroxylation is 2. The minimum atomic E-state index is -0.715. The Morgan fingerprint density at radius 1 is 1.19 bits per heavy atom. The van der Waals surface area contributed by atoms with Gasteiger partial charge in [-0.3, -0.25) is 14.2 Å². The molecule has 0 saturated carbocycles. The summed E-state index contributed by atoms with van der Waals surface area (Å²) in [5, 5.41) is 2.51. The van der Waals surface area contributed by atoms with Crippen molar-refractivity contribution in [3.63, 3.8) is 0 Å². The highest BCUT2D eigenvalue weighted by Gasteiger charge is 2.18. The molecule has 0 amide bonds. The standard InChI is InChI=1S/C20H19N5O5S/c1-23-11-21-17-16(23)19(27)25(20(28)24(17)2)8-15(26)30-9-12-10-31-18(22-12)13-6-4-5-7-14(13)29-3/h4-7,10-11H,8-9H2,1-3H3. The molecular weight excluding hydrogens is 422 g/mol. The van der Waals surface area contributed by atoms with Gasteiger partial charge in [-0.15, -0.1) is 11.3 Å². The number of hydrogen-bond acceptors (Lipinski definition) is 8. The Bertz CT molecular complexity index is 1400. The first-order valence-corrected chi connectivity index (χ1v) is 10.1. The van der Waals surface area contributed by atoms with Crippen molar-refractivity contribution in [3.8, 4) is 16.3 Å². The number of rotatable bonds is 6. The van der Waals surface area contributed by atoms with Crippen LogP contribution in [0.5, 0.6) is 5.75 Å². The number of ether oxygens (including phenoxy) is 2. The molecule has 0 fully saturated rings. The molecule has 0 aliphatic carbocycles. The van der Waals surface area contributed by atoms with Crippen LogP contribution in [-0.4, -0.2) is 36.7 Å². The quantitative estimate of drug-likeness (QED) is 0.415. The van der Waals surface area contributed by atoms with Crippen LogP contribution < -0.4 is 16.0 Å². The highest BCUT2D eigenvalue weighted by atomic mass is 32.1. The fourth-order valence-electron chi connectivity index (χ4n) is 3.18. The van der Waals surface area contributed by atoms with Crippen LogP contribution in [0.1, 0.15) is 5.69 Å². The summed E-state index contributed by atoms with van der Waals surface area (Å²) in [6.45, 7) is -0.580. The predicted molar refractivity (Wildman–Crippen MR) is 114 cm³/mol. The zero-order valence-electron chi connectivity index (χ0n) is 17.1. The third-order valence-corrected chi connectivity index (χ3v) is 5.68. The molecule has 0 atom stereocenters. The molecule has 0 saturated heterocycles. The lowest BCUT2D eigenvalue weighted by molar-refractivity contribution is -0.145. The largest absolute Gasteiger partial charge is 0.496 e. The number of imidazole rings is 1. The monoisotopic (exact) mass is 441 g/mol. The van der Waals surface area contributed by atoms with E-state index in [1.165, 1.54) is 33.8 Å². The summed E-state index contributed by atoms with van der Waals surface area (Å²) in [5.74, 6) is -0.0197. The lowest BCUT2D eigenvalue weighted by Gasteiger charge is -2.08. The third kappa shape index (κ3) is 3.75. The molecule has 0 radical (unpaired) electrons. The molecule has 0 N–H and O–H groups in total. The summed E-state index contributed by atoms with van der Waals surface area (Å²) in [4.78, 5) is 46.0. The van der Waals surface area contributed by atoms with Crippen LogP contribution in [0.2, 0.25) is 0 Å². The average molecular weight is 441 g/mol. The summed E-state index contributed by atoms with van der Waals surface area (Å²) >= 11 is 1.40. The zero-order valence-corrected chi connectivity index (χ0v) is 17.9. The highest BCUT2D eigenvalue weighted by Crippen LogP contribution is 2.31. The average Bonchev–Trinajstić information content (AvgIpc) is 3.40. The van der Waals surface area contributed by atoms with E-state index in [1.807, 2.05) is 24.3 Å². The van der Waals surface area contributed by atoms with Crippen molar-refractivity contribution in [1.29, 1.82) is 0 Å². The lowest BCUT2D eigenvalue weighted by Crippen LogP contribution is -2.41. The van der Waals surface area contributed by atoms with E-state index in [-0.39, 0.29) is 17.8 Å². The van der Waals surface area contributed by atoms with Gasteiger partial charge in [-0.25, -0.2) is 19.3 Å². The number of aromatic nitrogens is 5. The number of hydrogen-bond donors (Lipinski definition) is 0. The second-order valence-electron chi connectivity index (χ2n) is 6.77. The van der Waals surface area contributed by atoms with Gasteiger partial charge < -0.3 is 14.0 Å². The number of nitrogens with zero attached hydrogens (tertiary/aromatic N) is 5. The maximum atomic E-state index is 12.7. The number of benzene rings is 1. The molecule has 31 heavy (non-hydrogen) atoms. The number of methoxy groups -OCH3 is 1. The fourth-order valence-corrected chi connectivity index (χ4v) is 4.02. The van der Waals surface area contributed by atoms with E-state index in [2.05, 4.69) is 9.97 Å². The van der Waals surface area contributed by atoms with Gasteiger partial charge in [0.25, 0.3) is 5.56 Å². The van der Waals surface area contributed by atoms with Crippen LogP contribution >= 0.6 is 11.3 Å². The van der Waals surface area contributed by atoms with Crippen LogP contribution in [0.4, 0.5) is 0 Å². The van der Waals surface area contributed by atoms with Crippen LogP contribution in [0.25, 0.3) is 21.7 Å². The van der Waals surface area contributed by atoms with Crippen molar-refractivity contribution in [2.75, 3.05) is 7.11 Å². The van der Waals surface area contributed by atoms with E-state index in [1.54, 1.807) is 19.5 Å². The van der Waals surface area contributed by atoms with E-state index in [9.17, 15) is 14.4 Å². The predicted octanol–water partition coefficient (Wildman–Crippen LogP) is 1.31. The number of thiazole rings is 1. The molecule has 1 aromatic carbocycles. The maximum absolute atomic E-state index is 12.7. The highest BCUT2D eigenvalue weighted by molar-refractivity contribution is 7.13. The zero-order chi connectivity index (χ0) is 22.1. The number of fused-ring (bicyclic) bond motifs is 1. The smallest absolute Gasteiger partial charge is 0.333 e. The van der Waals surface area contributed by atoms with E-state index in [0.717, 1.165) is 15.1 Å². The first-order valence-electron chi connectivity index (χ1n) is 9.25. The van der Waals surface area contributed by atoms with E-state index >= 15 is 0 Å². The molecule has 0 aliphatic rings. The first-order chi connectivity index (χ1) is 14.9. The SMILES string of the molecule is COc1ccccc1-c1nc(COC(=O)Cn2c(=O)c3c(ncn3C)n(C)c2=O)cs1. The van der Waals surface area contributed by atoms with E-state index < -0.39 is 23.8 Å². The summed E-state index contributed by atoms with van der Waals surface area (Å²) in [7, 11) is 4.73. The molecule has 11 heteroatoms. The molecule has 0 spiro atoms. The van der Waals surface area contributed by atoms with Crippen molar-refractivity contribution in [2.45, 2.75) is 13.2 Å². The van der Waals surface area contributed by atoms with Gasteiger partial charge in [-0.2, -0.15) is 0 Å². The molecule has 3 aromatic heterocycles. The van der Waals surface area contributed by atoms with Crippen LogP contribution in [0.15, 0.2) is 45.6 Å². The summed E-state index contributed by atoms with van der Waals surface area (Å²) < 4.78 is 14.2. The first kappa shape index (κ1) is 20.5. The summed E-state index contributed by atoms with van der Waals surface area (Å²) in [6.07, 6.45) is 1.44. The van der Waals surface area contributed by atoms with Gasteiger partial charge in [0.2, 0.25) is 0 Å². The second-order valence-corrected chi connectivity index (χ2v) is 7.62. The van der Waals surface area contributed by atoms with Gasteiger partial charge >= 0.3 is 11.7 Å². The van der Waals surface area contributed by atoms with Crippen LogP contribution in [-0.2, 0) is 36.8 Å². The molecule has 0 aliphatic heterocycles. The van der Waals surface area contributed by atoms with E-state index in [4.69, 9.17) is 9.47 Å². The number of carbonyl (C=O) groups is 1. The molecule has 3 heterocycles. The van der Waals surface area contributed by atoms with Crippen molar-refractivity contribution in [3.05, 3.63) is 62.5 Å². The Kier molecular flexibility index (Phi) is 5.42. The van der Waals surface area contributed by atoms with Gasteiger partial charge in [-0.05, 0) is 12.1 Å². The Labute approximate surface area is 179 Å². The van der Waals surface area contributed by atoms with Crippen molar-refractivity contribution in [2.24, 2.45) is 14.1 Å². The Morgan fingerprint density at radius 3 is 2.74 bits per heavy atom. The minimum absolute atomic E-state index is 0.0759. The molecule has 0 bridgehead atoms. The van der Waals surface area contributed by atoms with Crippen molar-refractivity contribution >= 4 is 28.5 Å².